The van der Waals surface area contributed by atoms with Crippen LogP contribution in [-0.2, 0) is 13.1 Å². The van der Waals surface area contributed by atoms with E-state index < -0.39 is 0 Å². The van der Waals surface area contributed by atoms with Crippen LogP contribution in [0.4, 0.5) is 0 Å². The van der Waals surface area contributed by atoms with E-state index in [0.29, 0.717) is 0 Å². The molecule has 0 saturated carbocycles. The van der Waals surface area contributed by atoms with Crippen molar-refractivity contribution in [2.75, 3.05) is 0 Å². The molecule has 0 saturated heterocycles. The normalized spacial score (nSPS) is 10.9. The topological polar surface area (TPSA) is 8.81 Å². The van der Waals surface area contributed by atoms with Crippen molar-refractivity contribution < 1.29 is 21.5 Å². The highest BCUT2D eigenvalue weighted by Crippen LogP contribution is 2.28. The highest BCUT2D eigenvalue weighted by Gasteiger charge is 2.14. The van der Waals surface area contributed by atoms with Crippen molar-refractivity contribution in [3.63, 3.8) is 0 Å². The lowest BCUT2D eigenvalue weighted by Gasteiger charge is -2.07. The van der Waals surface area contributed by atoms with Crippen LogP contribution in [0.5, 0.6) is 0 Å². The molecule has 0 aliphatic heterocycles. The highest BCUT2D eigenvalue weighted by molar-refractivity contribution is 6.07. The Morgan fingerprint density at radius 2 is 1.56 bits per heavy atom. The van der Waals surface area contributed by atoms with Crippen molar-refractivity contribution >= 4 is 21.8 Å². The maximum atomic E-state index is 2.45. The standard InChI is InChI=1S/C22H23N2.BrH/c1-2-3-14-23-15-13-20-19-11-7-8-12-21(19)24(22(20)17-23)16-18-9-5-4-6-10-18;/h4-13,15,17H,2-3,14,16H2,1H3;1H/q+1;/p-1. The fourth-order valence-electron chi connectivity index (χ4n) is 3.45. The summed E-state index contributed by atoms with van der Waals surface area (Å²) < 4.78 is 4.77. The molecule has 0 fully saturated rings. The van der Waals surface area contributed by atoms with Gasteiger partial charge in [-0.15, -0.1) is 0 Å². The number of halogens is 1. The van der Waals surface area contributed by atoms with Gasteiger partial charge >= 0.3 is 0 Å². The van der Waals surface area contributed by atoms with Crippen LogP contribution in [0.25, 0.3) is 21.8 Å². The maximum Gasteiger partial charge on any atom is 0.193 e. The van der Waals surface area contributed by atoms with Crippen LogP contribution in [0.2, 0.25) is 0 Å². The molecule has 128 valence electrons. The molecule has 2 aromatic carbocycles. The van der Waals surface area contributed by atoms with Crippen LogP contribution in [0.3, 0.4) is 0 Å². The molecular weight excluding hydrogens is 372 g/mol. The molecule has 0 N–H and O–H groups in total. The summed E-state index contributed by atoms with van der Waals surface area (Å²) >= 11 is 0. The molecule has 3 heteroatoms. The Balaban J connectivity index is 0.00000182. The predicted molar refractivity (Wildman–Crippen MR) is 100 cm³/mol. The lowest BCUT2D eigenvalue weighted by molar-refractivity contribution is -0.696. The Kier molecular flexibility index (Phi) is 5.54. The molecular formula is C22H23BrN2. The Bertz CT molecular complexity index is 973. The van der Waals surface area contributed by atoms with E-state index in [0.717, 1.165) is 13.1 Å². The van der Waals surface area contributed by atoms with Crippen molar-refractivity contribution in [1.82, 2.24) is 4.57 Å². The van der Waals surface area contributed by atoms with E-state index in [1.54, 1.807) is 0 Å². The number of aromatic nitrogens is 2. The summed E-state index contributed by atoms with van der Waals surface area (Å²) in [4.78, 5) is 0. The first-order valence-electron chi connectivity index (χ1n) is 8.81. The monoisotopic (exact) mass is 394 g/mol. The number of nitrogens with zero attached hydrogens (tertiary/aromatic N) is 2. The summed E-state index contributed by atoms with van der Waals surface area (Å²) in [6.45, 7) is 4.23. The minimum absolute atomic E-state index is 0. The first-order valence-corrected chi connectivity index (χ1v) is 8.81. The third kappa shape index (κ3) is 3.47. The molecule has 0 aliphatic carbocycles. The SMILES string of the molecule is CCCC[n+]1ccc2c3ccccc3n(Cc3ccccc3)c2c1.[Br-]. The van der Waals surface area contributed by atoms with Crippen LogP contribution in [-0.4, -0.2) is 4.57 Å². The molecule has 0 bridgehead atoms. The van der Waals surface area contributed by atoms with Crippen molar-refractivity contribution in [2.45, 2.75) is 32.9 Å². The molecule has 25 heavy (non-hydrogen) atoms. The van der Waals surface area contributed by atoms with E-state index in [1.165, 1.54) is 40.2 Å². The number of hydrogen-bond acceptors (Lipinski definition) is 0. The van der Waals surface area contributed by atoms with Crippen LogP contribution < -0.4 is 21.5 Å². The molecule has 2 aromatic heterocycles. The van der Waals surface area contributed by atoms with Gasteiger partial charge in [0.05, 0.1) is 0 Å². The number of hydrogen-bond donors (Lipinski definition) is 0. The average molecular weight is 395 g/mol. The van der Waals surface area contributed by atoms with E-state index in [9.17, 15) is 0 Å². The predicted octanol–water partition coefficient (Wildman–Crippen LogP) is 1.93. The molecule has 0 radical (unpaired) electrons. The Morgan fingerprint density at radius 1 is 0.840 bits per heavy atom. The van der Waals surface area contributed by atoms with Crippen molar-refractivity contribution in [1.29, 1.82) is 0 Å². The Hall–Kier alpha value is -2.13. The van der Waals surface area contributed by atoms with E-state index in [-0.39, 0.29) is 17.0 Å². The summed E-state index contributed by atoms with van der Waals surface area (Å²) in [6.07, 6.45) is 6.97. The summed E-state index contributed by atoms with van der Waals surface area (Å²) in [5.74, 6) is 0. The summed E-state index contributed by atoms with van der Waals surface area (Å²) in [5.41, 5.74) is 3.97. The zero-order chi connectivity index (χ0) is 16.4. The lowest BCUT2D eigenvalue weighted by atomic mass is 10.2. The van der Waals surface area contributed by atoms with Gasteiger partial charge < -0.3 is 21.5 Å². The molecule has 2 heterocycles. The third-order valence-electron chi connectivity index (χ3n) is 4.73. The second kappa shape index (κ2) is 7.83. The molecule has 2 nitrogen and oxygen atoms in total. The van der Waals surface area contributed by atoms with Gasteiger partial charge in [-0.3, -0.25) is 0 Å². The quantitative estimate of drug-likeness (QED) is 0.457. The third-order valence-corrected chi connectivity index (χ3v) is 4.73. The molecule has 4 rings (SSSR count). The van der Waals surface area contributed by atoms with Gasteiger partial charge in [0, 0.05) is 35.3 Å². The fourth-order valence-corrected chi connectivity index (χ4v) is 3.45. The van der Waals surface area contributed by atoms with Gasteiger partial charge in [0.25, 0.3) is 0 Å². The van der Waals surface area contributed by atoms with Crippen LogP contribution in [0.1, 0.15) is 25.3 Å². The summed E-state index contributed by atoms with van der Waals surface area (Å²) in [7, 11) is 0. The number of benzene rings is 2. The van der Waals surface area contributed by atoms with Gasteiger partial charge in [-0.25, -0.2) is 4.57 Å². The van der Waals surface area contributed by atoms with E-state index in [4.69, 9.17) is 0 Å². The Labute approximate surface area is 159 Å². The number of pyridine rings is 1. The first kappa shape index (κ1) is 17.7. The zero-order valence-corrected chi connectivity index (χ0v) is 16.1. The summed E-state index contributed by atoms with van der Waals surface area (Å²) in [5, 5.41) is 2.68. The lowest BCUT2D eigenvalue weighted by Crippen LogP contribution is -3.00. The molecule has 0 unspecified atom stereocenters. The number of aryl methyl sites for hydroxylation is 1. The van der Waals surface area contributed by atoms with E-state index in [2.05, 4.69) is 89.1 Å². The van der Waals surface area contributed by atoms with Gasteiger partial charge in [-0.05, 0) is 11.6 Å². The van der Waals surface area contributed by atoms with Gasteiger partial charge in [-0.1, -0.05) is 61.9 Å². The minimum atomic E-state index is 0. The highest BCUT2D eigenvalue weighted by atomic mass is 79.9. The van der Waals surface area contributed by atoms with Gasteiger partial charge in [0.15, 0.2) is 12.4 Å². The Morgan fingerprint density at radius 3 is 2.36 bits per heavy atom. The molecule has 0 atom stereocenters. The fraction of sp³-hybridized carbons (Fsp3) is 0.227. The molecule has 0 spiro atoms. The molecule has 0 amide bonds. The second-order valence-corrected chi connectivity index (χ2v) is 6.42. The van der Waals surface area contributed by atoms with Crippen molar-refractivity contribution in [3.05, 3.63) is 78.6 Å². The van der Waals surface area contributed by atoms with Crippen LogP contribution >= 0.6 is 0 Å². The molecule has 0 aliphatic rings. The average Bonchev–Trinajstić information content (AvgIpc) is 2.94. The van der Waals surface area contributed by atoms with Crippen molar-refractivity contribution in [2.24, 2.45) is 0 Å². The van der Waals surface area contributed by atoms with Gasteiger partial charge in [-0.2, -0.15) is 0 Å². The smallest absolute Gasteiger partial charge is 0.193 e. The first-order chi connectivity index (χ1) is 11.9. The van der Waals surface area contributed by atoms with E-state index >= 15 is 0 Å². The minimum Gasteiger partial charge on any atom is -1.00 e. The number of para-hydroxylation sites is 1. The largest absolute Gasteiger partial charge is 1.00 e. The second-order valence-electron chi connectivity index (χ2n) is 6.42. The van der Waals surface area contributed by atoms with Gasteiger partial charge in [0.2, 0.25) is 0 Å². The van der Waals surface area contributed by atoms with Crippen LogP contribution in [0, 0.1) is 0 Å². The number of unbranched alkanes of at least 4 members (excludes halogenated alkanes) is 1. The van der Waals surface area contributed by atoms with Crippen LogP contribution in [0.15, 0.2) is 73.1 Å². The maximum absolute atomic E-state index is 2.45. The summed E-state index contributed by atoms with van der Waals surface area (Å²) in [6, 6.07) is 21.7. The number of fused-ring (bicyclic) bond motifs is 3. The zero-order valence-electron chi connectivity index (χ0n) is 14.5. The molecule has 4 aromatic rings. The number of rotatable bonds is 5. The van der Waals surface area contributed by atoms with Crippen molar-refractivity contribution in [3.8, 4) is 0 Å². The van der Waals surface area contributed by atoms with Gasteiger partial charge in [0.1, 0.15) is 12.1 Å². The van der Waals surface area contributed by atoms with E-state index in [1.807, 2.05) is 0 Å².